The van der Waals surface area contributed by atoms with Gasteiger partial charge in [-0.15, -0.1) is 0 Å². The van der Waals surface area contributed by atoms with Gasteiger partial charge in [0.15, 0.2) is 0 Å². The Balaban J connectivity index is 1.59. The highest BCUT2D eigenvalue weighted by Crippen LogP contribution is 2.17. The van der Waals surface area contributed by atoms with E-state index in [1.165, 1.54) is 0 Å². The molecule has 0 aliphatic carbocycles. The molecule has 3 amide bonds. The number of aryl methyl sites for hydroxylation is 1. The first-order chi connectivity index (χ1) is 14.1. The van der Waals surface area contributed by atoms with Crippen LogP contribution in [0.15, 0.2) is 36.5 Å². The quantitative estimate of drug-likeness (QED) is 0.695. The van der Waals surface area contributed by atoms with E-state index in [9.17, 15) is 9.59 Å². The summed E-state index contributed by atoms with van der Waals surface area (Å²) in [6.07, 6.45) is 1.75. The number of benzene rings is 1. The van der Waals surface area contributed by atoms with Gasteiger partial charge in [-0.05, 0) is 49.2 Å². The normalized spacial score (nSPS) is 13.7. The molecule has 0 spiro atoms. The van der Waals surface area contributed by atoms with Crippen molar-refractivity contribution in [1.82, 2.24) is 15.6 Å². The molecule has 2 heterocycles. The molecule has 1 aliphatic rings. The van der Waals surface area contributed by atoms with Crippen molar-refractivity contribution in [2.24, 2.45) is 0 Å². The molecule has 1 aromatic carbocycles. The lowest BCUT2D eigenvalue weighted by atomic mass is 10.1. The van der Waals surface area contributed by atoms with Crippen molar-refractivity contribution in [2.45, 2.75) is 20.4 Å². The van der Waals surface area contributed by atoms with E-state index in [0.29, 0.717) is 37.6 Å². The van der Waals surface area contributed by atoms with Crippen molar-refractivity contribution in [3.63, 3.8) is 0 Å². The molecule has 1 aromatic heterocycles. The molecule has 3 rings (SSSR count). The number of pyridine rings is 1. The molecular formula is C21H27N5O3. The van der Waals surface area contributed by atoms with Crippen LogP contribution in [0.3, 0.4) is 0 Å². The van der Waals surface area contributed by atoms with E-state index in [1.807, 2.05) is 32.0 Å². The predicted molar refractivity (Wildman–Crippen MR) is 112 cm³/mol. The van der Waals surface area contributed by atoms with Gasteiger partial charge in [0.2, 0.25) is 0 Å². The lowest BCUT2D eigenvalue weighted by molar-refractivity contribution is 0.0956. The lowest BCUT2D eigenvalue weighted by Gasteiger charge is -2.28. The summed E-state index contributed by atoms with van der Waals surface area (Å²) in [5.74, 6) is 0.724. The number of carbonyl (C=O) groups is 2. The Bertz CT molecular complexity index is 865. The van der Waals surface area contributed by atoms with Gasteiger partial charge in [0.25, 0.3) is 5.91 Å². The summed E-state index contributed by atoms with van der Waals surface area (Å²) >= 11 is 0. The third-order valence-corrected chi connectivity index (χ3v) is 4.68. The molecule has 1 saturated heterocycles. The van der Waals surface area contributed by atoms with Crippen molar-refractivity contribution in [1.29, 1.82) is 0 Å². The molecule has 1 fully saturated rings. The van der Waals surface area contributed by atoms with Crippen LogP contribution in [0.2, 0.25) is 0 Å². The molecule has 2 aromatic rings. The number of morpholine rings is 1. The number of carbonyl (C=O) groups excluding carboxylic acids is 2. The Morgan fingerprint density at radius 2 is 1.93 bits per heavy atom. The van der Waals surface area contributed by atoms with E-state index in [0.717, 1.165) is 30.0 Å². The van der Waals surface area contributed by atoms with Crippen LogP contribution in [0.5, 0.6) is 0 Å². The average Bonchev–Trinajstić information content (AvgIpc) is 2.75. The molecule has 1 aliphatic heterocycles. The molecule has 29 heavy (non-hydrogen) atoms. The zero-order valence-electron chi connectivity index (χ0n) is 16.8. The second-order valence-electron chi connectivity index (χ2n) is 6.82. The maximum atomic E-state index is 12.4. The molecule has 0 unspecified atom stereocenters. The summed E-state index contributed by atoms with van der Waals surface area (Å²) in [6, 6.07) is 8.78. The smallest absolute Gasteiger partial charge is 0.319 e. The number of hydrogen-bond acceptors (Lipinski definition) is 5. The molecule has 0 bridgehead atoms. The van der Waals surface area contributed by atoms with Gasteiger partial charge in [-0.3, -0.25) is 4.79 Å². The second kappa shape index (κ2) is 9.88. The molecular weight excluding hydrogens is 370 g/mol. The highest BCUT2D eigenvalue weighted by atomic mass is 16.5. The first kappa shape index (κ1) is 20.6. The van der Waals surface area contributed by atoms with Gasteiger partial charge in [-0.2, -0.15) is 0 Å². The van der Waals surface area contributed by atoms with Crippen molar-refractivity contribution in [2.75, 3.05) is 43.1 Å². The fourth-order valence-electron chi connectivity index (χ4n) is 3.05. The largest absolute Gasteiger partial charge is 0.378 e. The summed E-state index contributed by atoms with van der Waals surface area (Å²) in [7, 11) is 0. The third-order valence-electron chi connectivity index (χ3n) is 4.68. The molecule has 3 N–H and O–H groups in total. The van der Waals surface area contributed by atoms with Crippen LogP contribution in [-0.2, 0) is 11.3 Å². The maximum absolute atomic E-state index is 12.4. The molecule has 0 saturated carbocycles. The van der Waals surface area contributed by atoms with E-state index in [2.05, 4.69) is 25.8 Å². The van der Waals surface area contributed by atoms with Crippen molar-refractivity contribution in [3.8, 4) is 0 Å². The van der Waals surface area contributed by atoms with Crippen LogP contribution in [-0.4, -0.2) is 49.8 Å². The highest BCUT2D eigenvalue weighted by molar-refractivity contribution is 5.97. The van der Waals surface area contributed by atoms with Gasteiger partial charge >= 0.3 is 6.03 Å². The minimum absolute atomic E-state index is 0.164. The van der Waals surface area contributed by atoms with Gasteiger partial charge in [0, 0.05) is 43.6 Å². The van der Waals surface area contributed by atoms with Crippen molar-refractivity contribution < 1.29 is 14.3 Å². The minimum atomic E-state index is -0.328. The number of nitrogens with zero attached hydrogens (tertiary/aromatic N) is 2. The first-order valence-corrected chi connectivity index (χ1v) is 9.78. The number of aromatic nitrogens is 1. The van der Waals surface area contributed by atoms with E-state index in [-0.39, 0.29) is 11.9 Å². The van der Waals surface area contributed by atoms with Gasteiger partial charge in [0.1, 0.15) is 5.82 Å². The molecule has 0 atom stereocenters. The summed E-state index contributed by atoms with van der Waals surface area (Å²) in [5.41, 5.74) is 2.96. The third kappa shape index (κ3) is 5.68. The summed E-state index contributed by atoms with van der Waals surface area (Å²) in [6.45, 7) is 7.69. The number of rotatable bonds is 6. The molecule has 0 radical (unpaired) electrons. The molecule has 154 valence electrons. The monoisotopic (exact) mass is 397 g/mol. The molecule has 8 heteroatoms. The second-order valence-corrected chi connectivity index (χ2v) is 6.82. The fourth-order valence-corrected chi connectivity index (χ4v) is 3.05. The SMILES string of the molecule is CCNC(=O)c1ccc(C)c(NC(=O)NCc2ccnc(N3CCOCC3)c2)c1. The zero-order valence-corrected chi connectivity index (χ0v) is 16.8. The van der Waals surface area contributed by atoms with Gasteiger partial charge in [0.05, 0.1) is 13.2 Å². The van der Waals surface area contributed by atoms with Crippen LogP contribution >= 0.6 is 0 Å². The lowest BCUT2D eigenvalue weighted by Crippen LogP contribution is -2.36. The summed E-state index contributed by atoms with van der Waals surface area (Å²) < 4.78 is 5.37. The Hall–Kier alpha value is -3.13. The van der Waals surface area contributed by atoms with E-state index < -0.39 is 0 Å². The topological polar surface area (TPSA) is 95.6 Å². The predicted octanol–water partition coefficient (Wildman–Crippen LogP) is 2.30. The Labute approximate surface area is 170 Å². The van der Waals surface area contributed by atoms with Gasteiger partial charge in [-0.25, -0.2) is 9.78 Å². The number of amides is 3. The standard InChI is InChI=1S/C21H27N5O3/c1-3-22-20(27)17-5-4-15(2)18(13-17)25-21(28)24-14-16-6-7-23-19(12-16)26-8-10-29-11-9-26/h4-7,12-13H,3,8-11,14H2,1-2H3,(H,22,27)(H2,24,25,28). The number of anilines is 2. The average molecular weight is 397 g/mol. The van der Waals surface area contributed by atoms with Crippen LogP contribution in [0.25, 0.3) is 0 Å². The zero-order chi connectivity index (χ0) is 20.6. The van der Waals surface area contributed by atoms with Crippen LogP contribution < -0.4 is 20.9 Å². The van der Waals surface area contributed by atoms with Crippen LogP contribution in [0.1, 0.15) is 28.4 Å². The number of nitrogens with one attached hydrogen (secondary N) is 3. The summed E-state index contributed by atoms with van der Waals surface area (Å²) in [5, 5.41) is 8.44. The minimum Gasteiger partial charge on any atom is -0.378 e. The molecule has 8 nitrogen and oxygen atoms in total. The van der Waals surface area contributed by atoms with Gasteiger partial charge < -0.3 is 25.6 Å². The fraction of sp³-hybridized carbons (Fsp3) is 0.381. The van der Waals surface area contributed by atoms with Crippen LogP contribution in [0, 0.1) is 6.92 Å². The highest BCUT2D eigenvalue weighted by Gasteiger charge is 2.13. The Kier molecular flexibility index (Phi) is 7.02. The maximum Gasteiger partial charge on any atom is 0.319 e. The van der Waals surface area contributed by atoms with Crippen LogP contribution in [0.4, 0.5) is 16.3 Å². The van der Waals surface area contributed by atoms with E-state index in [1.54, 1.807) is 18.3 Å². The number of hydrogen-bond donors (Lipinski definition) is 3. The Morgan fingerprint density at radius 1 is 1.14 bits per heavy atom. The van der Waals surface area contributed by atoms with E-state index >= 15 is 0 Å². The summed E-state index contributed by atoms with van der Waals surface area (Å²) in [4.78, 5) is 31.0. The number of ether oxygens (including phenoxy) is 1. The van der Waals surface area contributed by atoms with Crippen molar-refractivity contribution >= 4 is 23.4 Å². The van der Waals surface area contributed by atoms with Crippen molar-refractivity contribution in [3.05, 3.63) is 53.2 Å². The Morgan fingerprint density at radius 3 is 2.69 bits per heavy atom. The van der Waals surface area contributed by atoms with E-state index in [4.69, 9.17) is 4.74 Å². The first-order valence-electron chi connectivity index (χ1n) is 9.78. The number of urea groups is 1. The van der Waals surface area contributed by atoms with Gasteiger partial charge in [-0.1, -0.05) is 6.07 Å².